The van der Waals surface area contributed by atoms with E-state index in [2.05, 4.69) is 10.2 Å². The zero-order valence-electron chi connectivity index (χ0n) is 14.4. The minimum absolute atomic E-state index is 0.227. The number of nitrogens with zero attached hydrogens (tertiary/aromatic N) is 2. The molecular formula is C18H20FN3O3S. The molecule has 138 valence electrons. The highest BCUT2D eigenvalue weighted by atomic mass is 32.1. The highest BCUT2D eigenvalue weighted by molar-refractivity contribution is 7.12. The molecule has 1 N–H and O–H groups in total. The second-order valence-corrected chi connectivity index (χ2v) is 6.89. The van der Waals surface area contributed by atoms with Gasteiger partial charge in [-0.1, -0.05) is 12.1 Å². The summed E-state index contributed by atoms with van der Waals surface area (Å²) in [4.78, 5) is 28.5. The number of ether oxygens (including phenoxy) is 1. The fraction of sp³-hybridized carbons (Fsp3) is 0.333. The first kappa shape index (κ1) is 18.3. The van der Waals surface area contributed by atoms with Gasteiger partial charge in [0.05, 0.1) is 12.8 Å². The molecule has 0 radical (unpaired) electrons. The van der Waals surface area contributed by atoms with Crippen LogP contribution in [0.3, 0.4) is 0 Å². The molecule has 0 atom stereocenters. The van der Waals surface area contributed by atoms with Crippen LogP contribution in [0, 0.1) is 5.82 Å². The van der Waals surface area contributed by atoms with E-state index in [-0.39, 0.29) is 11.8 Å². The third kappa shape index (κ3) is 4.39. The van der Waals surface area contributed by atoms with Crippen molar-refractivity contribution in [1.29, 1.82) is 0 Å². The van der Waals surface area contributed by atoms with Crippen molar-refractivity contribution in [3.8, 4) is 0 Å². The quantitative estimate of drug-likeness (QED) is 0.832. The number of urea groups is 1. The van der Waals surface area contributed by atoms with Crippen molar-refractivity contribution in [3.05, 3.63) is 52.0 Å². The predicted octanol–water partition coefficient (Wildman–Crippen LogP) is 3.02. The van der Waals surface area contributed by atoms with Gasteiger partial charge in [0.15, 0.2) is 0 Å². The second-order valence-electron chi connectivity index (χ2n) is 5.97. The molecule has 1 aromatic heterocycles. The lowest BCUT2D eigenvalue weighted by atomic mass is 10.2. The molecule has 26 heavy (non-hydrogen) atoms. The van der Waals surface area contributed by atoms with Gasteiger partial charge in [0.1, 0.15) is 10.7 Å². The molecule has 1 saturated heterocycles. The summed E-state index contributed by atoms with van der Waals surface area (Å²) in [5, 5.41) is 4.52. The summed E-state index contributed by atoms with van der Waals surface area (Å²) in [6.45, 7) is 3.37. The molecule has 1 aliphatic heterocycles. The van der Waals surface area contributed by atoms with E-state index in [0.29, 0.717) is 23.7 Å². The maximum Gasteiger partial charge on any atom is 0.350 e. The van der Waals surface area contributed by atoms with E-state index in [1.807, 2.05) is 0 Å². The number of carbonyl (C=O) groups excluding carboxylic acids is 2. The largest absolute Gasteiger partial charge is 0.465 e. The average molecular weight is 377 g/mol. The third-order valence-electron chi connectivity index (χ3n) is 4.26. The van der Waals surface area contributed by atoms with Crippen molar-refractivity contribution in [1.82, 2.24) is 9.80 Å². The monoisotopic (exact) mass is 377 g/mol. The number of benzene rings is 1. The molecule has 2 heterocycles. The van der Waals surface area contributed by atoms with Gasteiger partial charge in [-0.05, 0) is 29.1 Å². The maximum atomic E-state index is 13.0. The molecule has 3 rings (SSSR count). The minimum atomic E-state index is -0.459. The molecule has 1 aromatic carbocycles. The van der Waals surface area contributed by atoms with Crippen LogP contribution in [-0.4, -0.2) is 55.1 Å². The van der Waals surface area contributed by atoms with Crippen molar-refractivity contribution < 1.29 is 18.7 Å². The van der Waals surface area contributed by atoms with Gasteiger partial charge < -0.3 is 15.0 Å². The summed E-state index contributed by atoms with van der Waals surface area (Å²) >= 11 is 1.23. The Morgan fingerprint density at radius 3 is 2.50 bits per heavy atom. The summed E-state index contributed by atoms with van der Waals surface area (Å²) < 4.78 is 17.7. The molecule has 6 nitrogen and oxygen atoms in total. The number of hydrogen-bond acceptors (Lipinski definition) is 5. The standard InChI is InChI=1S/C18H20FN3O3S/c1-25-17(23)16-15(6-11-26-16)20-18(24)22-9-7-21(8-10-22)12-13-2-4-14(19)5-3-13/h2-6,11H,7-10,12H2,1H3,(H,20,24). The van der Waals surface area contributed by atoms with E-state index in [0.717, 1.165) is 25.2 Å². The molecule has 1 fully saturated rings. The molecule has 0 bridgehead atoms. The molecule has 8 heteroatoms. The topological polar surface area (TPSA) is 61.9 Å². The molecule has 2 amide bonds. The molecule has 0 unspecified atom stereocenters. The SMILES string of the molecule is COC(=O)c1sccc1NC(=O)N1CCN(Cc2ccc(F)cc2)CC1. The van der Waals surface area contributed by atoms with Crippen molar-refractivity contribution >= 4 is 29.0 Å². The van der Waals surface area contributed by atoms with Crippen LogP contribution >= 0.6 is 11.3 Å². The van der Waals surface area contributed by atoms with E-state index >= 15 is 0 Å². The van der Waals surface area contributed by atoms with Gasteiger partial charge in [0.2, 0.25) is 0 Å². The van der Waals surface area contributed by atoms with Crippen LogP contribution in [0.4, 0.5) is 14.9 Å². The average Bonchev–Trinajstić information content (AvgIpc) is 3.11. The van der Waals surface area contributed by atoms with Crippen LogP contribution in [0.5, 0.6) is 0 Å². The Labute approximate surface area is 155 Å². The van der Waals surface area contributed by atoms with Crippen molar-refractivity contribution in [2.75, 3.05) is 38.6 Å². The number of halogens is 1. The van der Waals surface area contributed by atoms with Crippen LogP contribution in [0.15, 0.2) is 35.7 Å². The number of hydrogen-bond donors (Lipinski definition) is 1. The number of amides is 2. The van der Waals surface area contributed by atoms with Crippen molar-refractivity contribution in [3.63, 3.8) is 0 Å². The number of esters is 1. The van der Waals surface area contributed by atoms with Gasteiger partial charge in [-0.25, -0.2) is 14.0 Å². The number of thiophene rings is 1. The number of carbonyl (C=O) groups is 2. The van der Waals surface area contributed by atoms with Crippen LogP contribution in [0.2, 0.25) is 0 Å². The number of nitrogens with one attached hydrogen (secondary N) is 1. The van der Waals surface area contributed by atoms with Gasteiger partial charge in [-0.3, -0.25) is 4.90 Å². The fourth-order valence-electron chi connectivity index (χ4n) is 2.81. The Bertz CT molecular complexity index is 770. The number of methoxy groups -OCH3 is 1. The van der Waals surface area contributed by atoms with Crippen LogP contribution in [0.25, 0.3) is 0 Å². The Morgan fingerprint density at radius 1 is 1.15 bits per heavy atom. The van der Waals surface area contributed by atoms with E-state index in [4.69, 9.17) is 4.74 Å². The van der Waals surface area contributed by atoms with Crippen LogP contribution < -0.4 is 5.32 Å². The van der Waals surface area contributed by atoms with Gasteiger partial charge in [-0.15, -0.1) is 11.3 Å². The number of anilines is 1. The first-order chi connectivity index (χ1) is 12.6. The second kappa shape index (κ2) is 8.29. The van der Waals surface area contributed by atoms with Gasteiger partial charge in [0.25, 0.3) is 0 Å². The lowest BCUT2D eigenvalue weighted by Gasteiger charge is -2.34. The molecule has 0 saturated carbocycles. The third-order valence-corrected chi connectivity index (χ3v) is 5.15. The smallest absolute Gasteiger partial charge is 0.350 e. The van der Waals surface area contributed by atoms with Gasteiger partial charge in [-0.2, -0.15) is 0 Å². The minimum Gasteiger partial charge on any atom is -0.465 e. The van der Waals surface area contributed by atoms with E-state index < -0.39 is 5.97 Å². The Balaban J connectivity index is 1.51. The zero-order valence-corrected chi connectivity index (χ0v) is 15.2. The molecule has 2 aromatic rings. The lowest BCUT2D eigenvalue weighted by molar-refractivity contribution is 0.0607. The highest BCUT2D eigenvalue weighted by Crippen LogP contribution is 2.23. The summed E-state index contributed by atoms with van der Waals surface area (Å²) in [6, 6.07) is 7.94. The van der Waals surface area contributed by atoms with E-state index in [1.54, 1.807) is 28.5 Å². The Kier molecular flexibility index (Phi) is 5.85. The van der Waals surface area contributed by atoms with Crippen LogP contribution in [0.1, 0.15) is 15.2 Å². The molecule has 0 aliphatic carbocycles. The molecule has 1 aliphatic rings. The van der Waals surface area contributed by atoms with E-state index in [1.165, 1.54) is 30.6 Å². The predicted molar refractivity (Wildman–Crippen MR) is 97.9 cm³/mol. The van der Waals surface area contributed by atoms with Crippen molar-refractivity contribution in [2.45, 2.75) is 6.54 Å². The molecule has 0 spiro atoms. The maximum absolute atomic E-state index is 13.0. The van der Waals surface area contributed by atoms with E-state index in [9.17, 15) is 14.0 Å². The number of piperazine rings is 1. The first-order valence-corrected chi connectivity index (χ1v) is 9.13. The zero-order chi connectivity index (χ0) is 18.5. The Morgan fingerprint density at radius 2 is 1.85 bits per heavy atom. The molecular weight excluding hydrogens is 357 g/mol. The Hall–Kier alpha value is -2.45. The fourth-order valence-corrected chi connectivity index (χ4v) is 3.58. The normalized spacial score (nSPS) is 14.9. The lowest BCUT2D eigenvalue weighted by Crippen LogP contribution is -2.49. The van der Waals surface area contributed by atoms with Crippen molar-refractivity contribution in [2.24, 2.45) is 0 Å². The highest BCUT2D eigenvalue weighted by Gasteiger charge is 2.23. The van der Waals surface area contributed by atoms with Gasteiger partial charge in [0, 0.05) is 32.7 Å². The summed E-state index contributed by atoms with van der Waals surface area (Å²) in [7, 11) is 1.31. The summed E-state index contributed by atoms with van der Waals surface area (Å²) in [5.41, 5.74) is 1.52. The van der Waals surface area contributed by atoms with Crippen LogP contribution in [-0.2, 0) is 11.3 Å². The number of rotatable bonds is 4. The first-order valence-electron chi connectivity index (χ1n) is 8.25. The van der Waals surface area contributed by atoms with Gasteiger partial charge >= 0.3 is 12.0 Å². The summed E-state index contributed by atoms with van der Waals surface area (Å²) in [6.07, 6.45) is 0. The summed E-state index contributed by atoms with van der Waals surface area (Å²) in [5.74, 6) is -0.700.